The summed E-state index contributed by atoms with van der Waals surface area (Å²) < 4.78 is 27.6. The minimum atomic E-state index is -3.65. The molecule has 0 unspecified atom stereocenters. The van der Waals surface area contributed by atoms with E-state index in [-0.39, 0.29) is 23.8 Å². The summed E-state index contributed by atoms with van der Waals surface area (Å²) in [5.74, 6) is -0.136. The van der Waals surface area contributed by atoms with Crippen LogP contribution in [0.25, 0.3) is 10.8 Å². The summed E-state index contributed by atoms with van der Waals surface area (Å²) in [5.41, 5.74) is 1.29. The van der Waals surface area contributed by atoms with Crippen LogP contribution >= 0.6 is 0 Å². The predicted octanol–water partition coefficient (Wildman–Crippen LogP) is 3.23. The molecule has 3 aromatic rings. The number of fused-ring (bicyclic) bond motifs is 1. The highest BCUT2D eigenvalue weighted by Crippen LogP contribution is 2.19. The molecule has 1 fully saturated rings. The SMILES string of the molecule is O=C(CCNS(=O)(=O)c1ccc2ccccc2c1)NCCCCN1CCN(c2ccccc2)CC1. The molecular formula is C27H34N4O3S. The number of benzene rings is 3. The highest BCUT2D eigenvalue weighted by atomic mass is 32.2. The van der Waals surface area contributed by atoms with Crippen molar-refractivity contribution in [2.24, 2.45) is 0 Å². The van der Waals surface area contributed by atoms with Gasteiger partial charge in [-0.05, 0) is 54.4 Å². The minimum Gasteiger partial charge on any atom is -0.369 e. The number of nitrogens with zero attached hydrogens (tertiary/aromatic N) is 2. The first-order chi connectivity index (χ1) is 17.0. The number of carbonyl (C=O) groups is 1. The van der Waals surface area contributed by atoms with Gasteiger partial charge in [-0.3, -0.25) is 9.69 Å². The maximum atomic E-state index is 12.6. The first-order valence-electron chi connectivity index (χ1n) is 12.3. The van der Waals surface area contributed by atoms with Crippen molar-refractivity contribution in [1.82, 2.24) is 14.9 Å². The second-order valence-corrected chi connectivity index (χ2v) is 10.6. The van der Waals surface area contributed by atoms with E-state index in [0.717, 1.165) is 56.3 Å². The molecule has 3 aromatic carbocycles. The number of anilines is 1. The number of amides is 1. The molecule has 8 heteroatoms. The van der Waals surface area contributed by atoms with Crippen molar-refractivity contribution in [3.05, 3.63) is 72.8 Å². The molecule has 35 heavy (non-hydrogen) atoms. The van der Waals surface area contributed by atoms with Gasteiger partial charge >= 0.3 is 0 Å². The fraction of sp³-hybridized carbons (Fsp3) is 0.370. The van der Waals surface area contributed by atoms with Crippen LogP contribution in [0.5, 0.6) is 0 Å². The van der Waals surface area contributed by atoms with Gasteiger partial charge in [0.2, 0.25) is 15.9 Å². The normalized spacial score (nSPS) is 14.8. The molecule has 4 rings (SSSR count). The maximum Gasteiger partial charge on any atom is 0.240 e. The Kier molecular flexibility index (Phi) is 8.74. The van der Waals surface area contributed by atoms with E-state index < -0.39 is 10.0 Å². The Balaban J connectivity index is 1.08. The molecule has 0 bridgehead atoms. The molecule has 1 saturated heterocycles. The average Bonchev–Trinajstić information content (AvgIpc) is 2.89. The van der Waals surface area contributed by atoms with Crippen LogP contribution in [0.2, 0.25) is 0 Å². The molecule has 0 spiro atoms. The number of nitrogens with one attached hydrogen (secondary N) is 2. The Bertz CT molecular complexity index is 1210. The number of piperazine rings is 1. The average molecular weight is 495 g/mol. The smallest absolute Gasteiger partial charge is 0.240 e. The zero-order chi connectivity index (χ0) is 24.5. The second-order valence-electron chi connectivity index (χ2n) is 8.88. The van der Waals surface area contributed by atoms with Gasteiger partial charge in [0.1, 0.15) is 0 Å². The number of rotatable bonds is 11. The van der Waals surface area contributed by atoms with Crippen molar-refractivity contribution in [2.45, 2.75) is 24.2 Å². The molecule has 1 aliphatic rings. The van der Waals surface area contributed by atoms with Gasteiger partial charge in [0.25, 0.3) is 0 Å². The maximum absolute atomic E-state index is 12.6. The van der Waals surface area contributed by atoms with E-state index in [0.29, 0.717) is 6.54 Å². The lowest BCUT2D eigenvalue weighted by atomic mass is 10.1. The van der Waals surface area contributed by atoms with E-state index in [1.165, 1.54) is 5.69 Å². The molecule has 0 aromatic heterocycles. The number of hydrogen-bond acceptors (Lipinski definition) is 5. The van der Waals surface area contributed by atoms with Gasteiger partial charge in [0, 0.05) is 51.4 Å². The molecule has 7 nitrogen and oxygen atoms in total. The standard InChI is InChI=1S/C27H34N4O3S/c32-27(14-16-29-35(33,34)26-13-12-23-8-4-5-9-24(23)22-26)28-15-6-7-17-30-18-20-31(21-19-30)25-10-2-1-3-11-25/h1-5,8-13,22,29H,6-7,14-21H2,(H,28,32). The van der Waals surface area contributed by atoms with Crippen molar-refractivity contribution in [3.8, 4) is 0 Å². The van der Waals surface area contributed by atoms with Gasteiger partial charge in [0.15, 0.2) is 0 Å². The number of para-hydroxylation sites is 1. The Morgan fingerprint density at radius 2 is 1.51 bits per heavy atom. The molecule has 1 amide bonds. The molecule has 0 atom stereocenters. The summed E-state index contributed by atoms with van der Waals surface area (Å²) in [7, 11) is -3.65. The first-order valence-corrected chi connectivity index (χ1v) is 13.8. The van der Waals surface area contributed by atoms with Crippen LogP contribution in [-0.4, -0.2) is 65.0 Å². The highest BCUT2D eigenvalue weighted by molar-refractivity contribution is 7.89. The summed E-state index contributed by atoms with van der Waals surface area (Å²) in [6.07, 6.45) is 2.06. The quantitative estimate of drug-likeness (QED) is 0.400. The van der Waals surface area contributed by atoms with Crippen LogP contribution in [0, 0.1) is 0 Å². The molecule has 1 aliphatic heterocycles. The molecule has 0 aliphatic carbocycles. The van der Waals surface area contributed by atoms with Crippen LogP contribution < -0.4 is 14.9 Å². The van der Waals surface area contributed by atoms with Gasteiger partial charge in [-0.25, -0.2) is 13.1 Å². The number of unbranched alkanes of at least 4 members (excludes halogenated alkanes) is 1. The van der Waals surface area contributed by atoms with Crippen LogP contribution in [0.15, 0.2) is 77.7 Å². The molecule has 186 valence electrons. The molecule has 0 saturated carbocycles. The monoisotopic (exact) mass is 494 g/mol. The van der Waals surface area contributed by atoms with Gasteiger partial charge in [-0.2, -0.15) is 0 Å². The summed E-state index contributed by atoms with van der Waals surface area (Å²) in [6.45, 7) is 5.90. The van der Waals surface area contributed by atoms with Crippen LogP contribution in [0.3, 0.4) is 0 Å². The molecule has 1 heterocycles. The third-order valence-corrected chi connectivity index (χ3v) is 7.85. The van der Waals surface area contributed by atoms with E-state index in [1.807, 2.05) is 30.3 Å². The van der Waals surface area contributed by atoms with E-state index in [1.54, 1.807) is 18.2 Å². The number of hydrogen-bond donors (Lipinski definition) is 2. The topological polar surface area (TPSA) is 81.7 Å². The Labute approximate surface area is 208 Å². The van der Waals surface area contributed by atoms with Crippen molar-refractivity contribution in [2.75, 3.05) is 50.7 Å². The summed E-state index contributed by atoms with van der Waals surface area (Å²) in [4.78, 5) is 17.2. The third-order valence-electron chi connectivity index (χ3n) is 6.39. The van der Waals surface area contributed by atoms with E-state index >= 15 is 0 Å². The van der Waals surface area contributed by atoms with Crippen molar-refractivity contribution < 1.29 is 13.2 Å². The van der Waals surface area contributed by atoms with Crippen LogP contribution in [0.4, 0.5) is 5.69 Å². The van der Waals surface area contributed by atoms with Gasteiger partial charge in [-0.15, -0.1) is 0 Å². The Morgan fingerprint density at radius 3 is 2.29 bits per heavy atom. The lowest BCUT2D eigenvalue weighted by Gasteiger charge is -2.36. The Morgan fingerprint density at radius 1 is 0.800 bits per heavy atom. The Hall–Kier alpha value is -2.94. The fourth-order valence-electron chi connectivity index (χ4n) is 4.36. The molecular weight excluding hydrogens is 460 g/mol. The molecule has 0 radical (unpaired) electrons. The summed E-state index contributed by atoms with van der Waals surface area (Å²) in [6, 6.07) is 23.2. The second kappa shape index (κ2) is 12.2. The van der Waals surface area contributed by atoms with E-state index in [9.17, 15) is 13.2 Å². The van der Waals surface area contributed by atoms with Gasteiger partial charge in [0.05, 0.1) is 4.90 Å². The number of sulfonamides is 1. The third kappa shape index (κ3) is 7.27. The largest absolute Gasteiger partial charge is 0.369 e. The van der Waals surface area contributed by atoms with E-state index in [2.05, 4.69) is 44.1 Å². The predicted molar refractivity (Wildman–Crippen MR) is 141 cm³/mol. The summed E-state index contributed by atoms with van der Waals surface area (Å²) >= 11 is 0. The fourth-order valence-corrected chi connectivity index (χ4v) is 5.43. The highest BCUT2D eigenvalue weighted by Gasteiger charge is 2.17. The van der Waals surface area contributed by atoms with Crippen LogP contribution in [-0.2, 0) is 14.8 Å². The summed E-state index contributed by atoms with van der Waals surface area (Å²) in [5, 5.41) is 4.75. The minimum absolute atomic E-state index is 0.0761. The van der Waals surface area contributed by atoms with Gasteiger partial charge in [-0.1, -0.05) is 48.5 Å². The zero-order valence-corrected chi connectivity index (χ0v) is 20.8. The molecule has 2 N–H and O–H groups in total. The van der Waals surface area contributed by atoms with Gasteiger partial charge < -0.3 is 10.2 Å². The number of carbonyl (C=O) groups excluding carboxylic acids is 1. The van der Waals surface area contributed by atoms with E-state index in [4.69, 9.17) is 0 Å². The van der Waals surface area contributed by atoms with Crippen molar-refractivity contribution in [3.63, 3.8) is 0 Å². The zero-order valence-electron chi connectivity index (χ0n) is 20.0. The lowest BCUT2D eigenvalue weighted by molar-refractivity contribution is -0.120. The first kappa shape index (κ1) is 25.2. The lowest BCUT2D eigenvalue weighted by Crippen LogP contribution is -2.46. The van der Waals surface area contributed by atoms with Crippen LogP contribution in [0.1, 0.15) is 19.3 Å². The van der Waals surface area contributed by atoms with Crippen molar-refractivity contribution >= 4 is 32.4 Å². The van der Waals surface area contributed by atoms with Crippen molar-refractivity contribution in [1.29, 1.82) is 0 Å².